The van der Waals surface area contributed by atoms with E-state index in [9.17, 15) is 9.59 Å². The minimum atomic E-state index is -0.488. The van der Waals surface area contributed by atoms with Gasteiger partial charge in [0.05, 0.1) is 6.54 Å². The number of carbonyl (C=O) groups excluding carboxylic acids is 2. The third-order valence-electron chi connectivity index (χ3n) is 3.46. The van der Waals surface area contributed by atoms with Crippen molar-refractivity contribution in [3.8, 4) is 0 Å². The summed E-state index contributed by atoms with van der Waals surface area (Å²) >= 11 is 0. The van der Waals surface area contributed by atoms with Crippen molar-refractivity contribution in [3.05, 3.63) is 11.7 Å². The minimum Gasteiger partial charge on any atom is -0.342 e. The van der Waals surface area contributed by atoms with Crippen molar-refractivity contribution in [1.82, 2.24) is 20.4 Å². The van der Waals surface area contributed by atoms with E-state index in [1.54, 1.807) is 11.8 Å². The summed E-state index contributed by atoms with van der Waals surface area (Å²) in [5.74, 6) is 0.701. The maximum Gasteiger partial charge on any atom is 0.246 e. The van der Waals surface area contributed by atoms with E-state index in [2.05, 4.69) is 15.5 Å². The summed E-state index contributed by atoms with van der Waals surface area (Å²) in [5.41, 5.74) is 0. The molecule has 0 aliphatic carbocycles. The Kier molecular flexibility index (Phi) is 4.06. The van der Waals surface area contributed by atoms with E-state index in [0.717, 1.165) is 0 Å². The van der Waals surface area contributed by atoms with Crippen molar-refractivity contribution < 1.29 is 14.1 Å². The zero-order chi connectivity index (χ0) is 14.9. The molecule has 2 unspecified atom stereocenters. The van der Waals surface area contributed by atoms with E-state index in [-0.39, 0.29) is 24.3 Å². The Balaban J connectivity index is 2.24. The van der Waals surface area contributed by atoms with E-state index in [4.69, 9.17) is 4.52 Å². The van der Waals surface area contributed by atoms with Crippen LogP contribution in [0.2, 0.25) is 0 Å². The Morgan fingerprint density at radius 2 is 2.10 bits per heavy atom. The highest BCUT2D eigenvalue weighted by Crippen LogP contribution is 2.19. The normalized spacial score (nSPS) is 23.4. The van der Waals surface area contributed by atoms with Gasteiger partial charge in [-0.15, -0.1) is 0 Å². The Bertz CT molecular complexity index is 511. The van der Waals surface area contributed by atoms with Crippen molar-refractivity contribution in [2.24, 2.45) is 5.92 Å². The molecular weight excluding hydrogens is 260 g/mol. The predicted octanol–water partition coefficient (Wildman–Crippen LogP) is 0.640. The average Bonchev–Trinajstić information content (AvgIpc) is 2.79. The van der Waals surface area contributed by atoms with Gasteiger partial charge in [0.2, 0.25) is 17.7 Å². The molecule has 1 aromatic rings. The van der Waals surface area contributed by atoms with Gasteiger partial charge in [0.25, 0.3) is 0 Å². The highest BCUT2D eigenvalue weighted by Gasteiger charge is 2.41. The molecule has 1 aliphatic heterocycles. The van der Waals surface area contributed by atoms with Crippen LogP contribution in [0, 0.1) is 12.8 Å². The molecule has 1 saturated heterocycles. The van der Waals surface area contributed by atoms with Gasteiger partial charge in [-0.1, -0.05) is 25.9 Å². The van der Waals surface area contributed by atoms with E-state index < -0.39 is 12.1 Å². The van der Waals surface area contributed by atoms with Crippen LogP contribution in [0.25, 0.3) is 0 Å². The van der Waals surface area contributed by atoms with Crippen LogP contribution in [0.4, 0.5) is 0 Å². The summed E-state index contributed by atoms with van der Waals surface area (Å²) in [6.45, 7) is 7.58. The fraction of sp³-hybridized carbons (Fsp3) is 0.692. The van der Waals surface area contributed by atoms with E-state index in [1.165, 1.54) is 0 Å². The molecular formula is C13H20N4O3. The van der Waals surface area contributed by atoms with Gasteiger partial charge in [-0.05, 0) is 12.3 Å². The zero-order valence-corrected chi connectivity index (χ0v) is 12.2. The average molecular weight is 280 g/mol. The molecule has 7 heteroatoms. The summed E-state index contributed by atoms with van der Waals surface area (Å²) in [7, 11) is 0. The molecule has 0 spiro atoms. The van der Waals surface area contributed by atoms with Crippen molar-refractivity contribution >= 4 is 11.8 Å². The molecule has 1 aromatic heterocycles. The van der Waals surface area contributed by atoms with Gasteiger partial charge in [0.1, 0.15) is 12.1 Å². The third-order valence-corrected chi connectivity index (χ3v) is 3.46. The van der Waals surface area contributed by atoms with E-state index in [1.807, 2.05) is 20.8 Å². The van der Waals surface area contributed by atoms with Crippen LogP contribution < -0.4 is 5.32 Å². The first-order valence-corrected chi connectivity index (χ1v) is 6.84. The molecule has 0 aromatic carbocycles. The SMILES string of the molecule is CCC1C(=O)NC(C(C)C)C(=O)N1Cc1noc(C)n1. The maximum absolute atomic E-state index is 12.5. The molecule has 2 atom stereocenters. The standard InChI is InChI=1S/C13H20N4O3/c1-5-9-12(18)15-11(7(2)3)13(19)17(9)6-10-14-8(4)20-16-10/h7,9,11H,5-6H2,1-4H3,(H,15,18). The maximum atomic E-state index is 12.5. The monoisotopic (exact) mass is 280 g/mol. The highest BCUT2D eigenvalue weighted by atomic mass is 16.5. The van der Waals surface area contributed by atoms with Crippen molar-refractivity contribution in [2.75, 3.05) is 0 Å². The topological polar surface area (TPSA) is 88.3 Å². The lowest BCUT2D eigenvalue weighted by atomic mass is 9.97. The largest absolute Gasteiger partial charge is 0.342 e. The smallest absolute Gasteiger partial charge is 0.246 e. The molecule has 0 radical (unpaired) electrons. The number of hydrogen-bond donors (Lipinski definition) is 1. The number of nitrogens with zero attached hydrogens (tertiary/aromatic N) is 3. The van der Waals surface area contributed by atoms with Gasteiger partial charge in [-0.25, -0.2) is 0 Å². The number of carbonyl (C=O) groups is 2. The number of amides is 2. The molecule has 2 rings (SSSR count). The van der Waals surface area contributed by atoms with Crippen molar-refractivity contribution in [2.45, 2.75) is 52.7 Å². The number of nitrogens with one attached hydrogen (secondary N) is 1. The molecule has 1 fully saturated rings. The number of aromatic nitrogens is 2. The second-order valence-corrected chi connectivity index (χ2v) is 5.35. The van der Waals surface area contributed by atoms with Crippen LogP contribution >= 0.6 is 0 Å². The van der Waals surface area contributed by atoms with Crippen LogP contribution in [0.1, 0.15) is 38.9 Å². The Morgan fingerprint density at radius 1 is 1.40 bits per heavy atom. The van der Waals surface area contributed by atoms with Gasteiger partial charge >= 0.3 is 0 Å². The van der Waals surface area contributed by atoms with E-state index in [0.29, 0.717) is 18.1 Å². The van der Waals surface area contributed by atoms with Gasteiger partial charge in [0, 0.05) is 6.92 Å². The summed E-state index contributed by atoms with van der Waals surface area (Å²) in [5, 5.41) is 6.59. The lowest BCUT2D eigenvalue weighted by Crippen LogP contribution is -2.64. The van der Waals surface area contributed by atoms with Crippen LogP contribution in [-0.2, 0) is 16.1 Å². The quantitative estimate of drug-likeness (QED) is 0.874. The fourth-order valence-electron chi connectivity index (χ4n) is 2.39. The van der Waals surface area contributed by atoms with Gasteiger partial charge < -0.3 is 14.7 Å². The Hall–Kier alpha value is -1.92. The first kappa shape index (κ1) is 14.5. The minimum absolute atomic E-state index is 0.0405. The Morgan fingerprint density at radius 3 is 2.60 bits per heavy atom. The molecule has 2 heterocycles. The van der Waals surface area contributed by atoms with Crippen LogP contribution in [0.15, 0.2) is 4.52 Å². The molecule has 7 nitrogen and oxygen atoms in total. The Labute approximate surface area is 117 Å². The number of piperazine rings is 1. The van der Waals surface area contributed by atoms with Crippen molar-refractivity contribution in [1.29, 1.82) is 0 Å². The van der Waals surface area contributed by atoms with E-state index >= 15 is 0 Å². The lowest BCUT2D eigenvalue weighted by Gasteiger charge is -2.39. The third kappa shape index (κ3) is 2.66. The van der Waals surface area contributed by atoms with Crippen molar-refractivity contribution in [3.63, 3.8) is 0 Å². The second kappa shape index (κ2) is 5.60. The number of rotatable bonds is 4. The zero-order valence-electron chi connectivity index (χ0n) is 12.2. The molecule has 0 saturated carbocycles. The van der Waals surface area contributed by atoms with Gasteiger partial charge in [0.15, 0.2) is 5.82 Å². The summed E-state index contributed by atoms with van der Waals surface area (Å²) in [4.78, 5) is 30.3. The molecule has 110 valence electrons. The molecule has 20 heavy (non-hydrogen) atoms. The molecule has 0 bridgehead atoms. The predicted molar refractivity (Wildman–Crippen MR) is 70.4 cm³/mol. The van der Waals surface area contributed by atoms with Crippen LogP contribution in [0.5, 0.6) is 0 Å². The highest BCUT2D eigenvalue weighted by molar-refractivity contribution is 5.97. The summed E-state index contributed by atoms with van der Waals surface area (Å²) in [6, 6.07) is -0.963. The fourth-order valence-corrected chi connectivity index (χ4v) is 2.39. The first-order chi connectivity index (χ1) is 9.43. The van der Waals surface area contributed by atoms with Gasteiger partial charge in [-0.2, -0.15) is 4.98 Å². The molecule has 1 N–H and O–H groups in total. The lowest BCUT2D eigenvalue weighted by molar-refractivity contribution is -0.151. The molecule has 1 aliphatic rings. The second-order valence-electron chi connectivity index (χ2n) is 5.35. The number of aryl methyl sites for hydroxylation is 1. The molecule has 2 amide bonds. The van der Waals surface area contributed by atoms with Gasteiger partial charge in [-0.3, -0.25) is 9.59 Å². The van der Waals surface area contributed by atoms with Crippen LogP contribution in [-0.4, -0.2) is 38.9 Å². The summed E-state index contributed by atoms with van der Waals surface area (Å²) in [6.07, 6.45) is 0.555. The number of hydrogen-bond acceptors (Lipinski definition) is 5. The summed E-state index contributed by atoms with van der Waals surface area (Å²) < 4.78 is 4.91. The first-order valence-electron chi connectivity index (χ1n) is 6.84. The van der Waals surface area contributed by atoms with Crippen LogP contribution in [0.3, 0.4) is 0 Å².